The van der Waals surface area contributed by atoms with E-state index in [2.05, 4.69) is 36.1 Å². The summed E-state index contributed by atoms with van der Waals surface area (Å²) in [5.74, 6) is 0.523. The van der Waals surface area contributed by atoms with Crippen LogP contribution in [0.4, 0.5) is 0 Å². The van der Waals surface area contributed by atoms with Crippen molar-refractivity contribution in [2.24, 2.45) is 5.92 Å². The molecular weight excluding hydrogens is 326 g/mol. The Balaban J connectivity index is 1.28. The molecule has 5 heteroatoms. The molecule has 0 N–H and O–H groups in total. The van der Waals surface area contributed by atoms with Gasteiger partial charge >= 0.3 is 0 Å². The van der Waals surface area contributed by atoms with Crippen LogP contribution in [-0.4, -0.2) is 65.3 Å². The molecule has 26 heavy (non-hydrogen) atoms. The van der Waals surface area contributed by atoms with Crippen molar-refractivity contribution in [2.45, 2.75) is 45.2 Å². The van der Waals surface area contributed by atoms with Gasteiger partial charge in [0.05, 0.1) is 5.92 Å². The van der Waals surface area contributed by atoms with Gasteiger partial charge < -0.3 is 9.80 Å². The first-order valence-electron chi connectivity index (χ1n) is 9.96. The lowest BCUT2D eigenvalue weighted by Gasteiger charge is -2.39. The van der Waals surface area contributed by atoms with Crippen LogP contribution in [0.25, 0.3) is 0 Å². The maximum Gasteiger partial charge on any atom is 0.227 e. The van der Waals surface area contributed by atoms with Crippen molar-refractivity contribution in [1.82, 2.24) is 14.7 Å². The molecule has 140 valence electrons. The quantitative estimate of drug-likeness (QED) is 0.830. The summed E-state index contributed by atoms with van der Waals surface area (Å²) in [5, 5.41) is 0. The molecule has 0 unspecified atom stereocenters. The molecule has 3 aliphatic rings. The molecular formula is C21H29N3O2. The number of aryl methyl sites for hydroxylation is 1. The molecule has 5 nitrogen and oxygen atoms in total. The van der Waals surface area contributed by atoms with E-state index in [-0.39, 0.29) is 17.7 Å². The van der Waals surface area contributed by atoms with Crippen LogP contribution in [0.5, 0.6) is 0 Å². The molecule has 4 rings (SSSR count). The Morgan fingerprint density at radius 2 is 1.88 bits per heavy atom. The van der Waals surface area contributed by atoms with Gasteiger partial charge in [0.15, 0.2) is 0 Å². The fourth-order valence-corrected chi connectivity index (χ4v) is 4.27. The Morgan fingerprint density at radius 1 is 1.12 bits per heavy atom. The van der Waals surface area contributed by atoms with Crippen LogP contribution in [0.3, 0.4) is 0 Å². The summed E-state index contributed by atoms with van der Waals surface area (Å²) in [4.78, 5) is 31.4. The zero-order chi connectivity index (χ0) is 18.1. The van der Waals surface area contributed by atoms with Gasteiger partial charge in [0, 0.05) is 51.7 Å². The Bertz CT molecular complexity index is 678. The molecule has 2 aliphatic heterocycles. The molecule has 0 bridgehead atoms. The predicted molar refractivity (Wildman–Crippen MR) is 100 cm³/mol. The van der Waals surface area contributed by atoms with E-state index in [1.54, 1.807) is 0 Å². The van der Waals surface area contributed by atoms with E-state index in [4.69, 9.17) is 0 Å². The average molecular weight is 355 g/mol. The van der Waals surface area contributed by atoms with Crippen LogP contribution in [0.2, 0.25) is 0 Å². The highest BCUT2D eigenvalue weighted by molar-refractivity contribution is 5.84. The second-order valence-electron chi connectivity index (χ2n) is 8.10. The Labute approximate surface area is 155 Å². The molecule has 2 heterocycles. The van der Waals surface area contributed by atoms with Gasteiger partial charge in [0.1, 0.15) is 0 Å². The zero-order valence-corrected chi connectivity index (χ0v) is 15.7. The largest absolute Gasteiger partial charge is 0.340 e. The number of piperidine rings is 1. The van der Waals surface area contributed by atoms with Crippen LogP contribution in [0.15, 0.2) is 24.3 Å². The summed E-state index contributed by atoms with van der Waals surface area (Å²) in [6, 6.07) is 9.07. The van der Waals surface area contributed by atoms with Gasteiger partial charge in [-0.05, 0) is 31.7 Å². The van der Waals surface area contributed by atoms with E-state index in [1.165, 1.54) is 11.1 Å². The molecule has 0 spiro atoms. The summed E-state index contributed by atoms with van der Waals surface area (Å²) in [6.07, 6.45) is 3.50. The number of benzene rings is 1. The van der Waals surface area contributed by atoms with Crippen molar-refractivity contribution in [3.63, 3.8) is 0 Å². The summed E-state index contributed by atoms with van der Waals surface area (Å²) >= 11 is 0. The number of carbonyl (C=O) groups is 2. The van der Waals surface area contributed by atoms with Crippen molar-refractivity contribution < 1.29 is 9.59 Å². The standard InChI is InChI=1S/C21H29N3O2/c1-16-3-2-4-17(13-16)14-22-9-11-23(12-10-22)21(26)18-5-8-20(25)24(15-18)19-6-7-19/h2-4,13,18-19H,5-12,14-15H2,1H3/t18-/m1/s1. The third-order valence-corrected chi connectivity index (χ3v) is 5.95. The zero-order valence-electron chi connectivity index (χ0n) is 15.7. The summed E-state index contributed by atoms with van der Waals surface area (Å²) in [5.41, 5.74) is 2.64. The number of amides is 2. The normalized spacial score (nSPS) is 24.8. The van der Waals surface area contributed by atoms with E-state index in [1.807, 2.05) is 9.80 Å². The van der Waals surface area contributed by atoms with Gasteiger partial charge in [0.2, 0.25) is 11.8 Å². The third kappa shape index (κ3) is 3.93. The number of carbonyl (C=O) groups excluding carboxylic acids is 2. The van der Waals surface area contributed by atoms with Gasteiger partial charge in [-0.3, -0.25) is 14.5 Å². The highest BCUT2D eigenvalue weighted by Crippen LogP contribution is 2.32. The Morgan fingerprint density at radius 3 is 2.58 bits per heavy atom. The average Bonchev–Trinajstić information content (AvgIpc) is 3.47. The number of likely N-dealkylation sites (tertiary alicyclic amines) is 1. The van der Waals surface area contributed by atoms with Crippen LogP contribution >= 0.6 is 0 Å². The molecule has 1 aromatic rings. The predicted octanol–water partition coefficient (Wildman–Crippen LogP) is 2.04. The van der Waals surface area contributed by atoms with E-state index >= 15 is 0 Å². The van der Waals surface area contributed by atoms with Crippen LogP contribution in [0, 0.1) is 12.8 Å². The maximum absolute atomic E-state index is 12.9. The maximum atomic E-state index is 12.9. The van der Waals surface area contributed by atoms with Gasteiger partial charge in [0.25, 0.3) is 0 Å². The number of hydrogen-bond acceptors (Lipinski definition) is 3. The lowest BCUT2D eigenvalue weighted by Crippen LogP contribution is -2.53. The van der Waals surface area contributed by atoms with Crippen LogP contribution in [0.1, 0.15) is 36.8 Å². The monoisotopic (exact) mass is 355 g/mol. The highest BCUT2D eigenvalue weighted by atomic mass is 16.2. The van der Waals surface area contributed by atoms with Crippen LogP contribution < -0.4 is 0 Å². The molecule has 2 amide bonds. The SMILES string of the molecule is Cc1cccc(CN2CCN(C(=O)[C@@H]3CCC(=O)N(C4CC4)C3)CC2)c1. The van der Waals surface area contributed by atoms with E-state index in [0.29, 0.717) is 19.0 Å². The molecule has 0 aromatic heterocycles. The number of hydrogen-bond donors (Lipinski definition) is 0. The highest BCUT2D eigenvalue weighted by Gasteiger charge is 2.39. The first-order valence-corrected chi connectivity index (χ1v) is 9.96. The topological polar surface area (TPSA) is 43.9 Å². The molecule has 1 aliphatic carbocycles. The minimum atomic E-state index is 0.0108. The number of piperazine rings is 1. The molecule has 2 saturated heterocycles. The molecule has 3 fully saturated rings. The fourth-order valence-electron chi connectivity index (χ4n) is 4.27. The van der Waals surface area contributed by atoms with Gasteiger partial charge in [-0.1, -0.05) is 29.8 Å². The number of nitrogens with zero attached hydrogens (tertiary/aromatic N) is 3. The second kappa shape index (κ2) is 7.39. The molecule has 1 atom stereocenters. The first-order chi connectivity index (χ1) is 12.6. The molecule has 1 saturated carbocycles. The Kier molecular flexibility index (Phi) is 4.98. The summed E-state index contributed by atoms with van der Waals surface area (Å²) in [6.45, 7) is 7.19. The van der Waals surface area contributed by atoms with E-state index in [9.17, 15) is 9.59 Å². The second-order valence-corrected chi connectivity index (χ2v) is 8.10. The van der Waals surface area contributed by atoms with Gasteiger partial charge in [-0.15, -0.1) is 0 Å². The molecule has 1 aromatic carbocycles. The Hall–Kier alpha value is -1.88. The van der Waals surface area contributed by atoms with Crippen molar-refractivity contribution in [1.29, 1.82) is 0 Å². The van der Waals surface area contributed by atoms with Crippen molar-refractivity contribution in [3.05, 3.63) is 35.4 Å². The fraction of sp³-hybridized carbons (Fsp3) is 0.619. The van der Waals surface area contributed by atoms with Crippen molar-refractivity contribution >= 4 is 11.8 Å². The summed E-state index contributed by atoms with van der Waals surface area (Å²) in [7, 11) is 0. The molecule has 0 radical (unpaired) electrons. The van der Waals surface area contributed by atoms with Gasteiger partial charge in [-0.2, -0.15) is 0 Å². The minimum absolute atomic E-state index is 0.0108. The smallest absolute Gasteiger partial charge is 0.227 e. The lowest BCUT2D eigenvalue weighted by molar-refractivity contribution is -0.144. The summed E-state index contributed by atoms with van der Waals surface area (Å²) < 4.78 is 0. The van der Waals surface area contributed by atoms with Crippen molar-refractivity contribution in [3.8, 4) is 0 Å². The van der Waals surface area contributed by atoms with Gasteiger partial charge in [-0.25, -0.2) is 0 Å². The van der Waals surface area contributed by atoms with E-state index in [0.717, 1.165) is 52.0 Å². The lowest BCUT2D eigenvalue weighted by atomic mass is 9.95. The van der Waals surface area contributed by atoms with Crippen molar-refractivity contribution in [2.75, 3.05) is 32.7 Å². The third-order valence-electron chi connectivity index (χ3n) is 5.95. The van der Waals surface area contributed by atoms with E-state index < -0.39 is 0 Å². The first kappa shape index (κ1) is 17.5. The number of rotatable bonds is 4. The minimum Gasteiger partial charge on any atom is -0.340 e. The van der Waals surface area contributed by atoms with Crippen LogP contribution in [-0.2, 0) is 16.1 Å².